The average Bonchev–Trinajstić information content (AvgIpc) is 3.09. The van der Waals surface area contributed by atoms with E-state index < -0.39 is 17.8 Å². The minimum absolute atomic E-state index is 0.0662. The molecule has 0 amide bonds. The molecule has 0 aliphatic heterocycles. The smallest absolute Gasteiger partial charge is 0.433 e. The van der Waals surface area contributed by atoms with Crippen molar-refractivity contribution in [3.8, 4) is 11.1 Å². The molecule has 9 heteroatoms. The maximum absolute atomic E-state index is 13.2. The van der Waals surface area contributed by atoms with Gasteiger partial charge in [-0.15, -0.1) is 0 Å². The minimum Gasteiger partial charge on any atom is -0.462 e. The summed E-state index contributed by atoms with van der Waals surface area (Å²) in [7, 11) is 1.23. The third-order valence-electron chi connectivity index (χ3n) is 3.54. The van der Waals surface area contributed by atoms with Crippen molar-refractivity contribution >= 4 is 11.5 Å². The number of carbonyl (C=O) groups is 1. The highest BCUT2D eigenvalue weighted by Crippen LogP contribution is 2.37. The van der Waals surface area contributed by atoms with E-state index in [1.807, 2.05) is 0 Å². The van der Waals surface area contributed by atoms with Gasteiger partial charge in [-0.1, -0.05) is 0 Å². The quantitative estimate of drug-likeness (QED) is 0.689. The first kappa shape index (κ1) is 16.0. The van der Waals surface area contributed by atoms with Crippen LogP contribution in [0.4, 0.5) is 13.2 Å². The van der Waals surface area contributed by atoms with Crippen molar-refractivity contribution in [3.63, 3.8) is 0 Å². The Labute approximate surface area is 134 Å². The van der Waals surface area contributed by atoms with Crippen molar-refractivity contribution in [3.05, 3.63) is 42.0 Å². The maximum Gasteiger partial charge on any atom is 0.433 e. The van der Waals surface area contributed by atoms with Crippen molar-refractivity contribution in [2.75, 3.05) is 6.61 Å². The zero-order valence-corrected chi connectivity index (χ0v) is 12.8. The Morgan fingerprint density at radius 2 is 2.04 bits per heavy atom. The van der Waals surface area contributed by atoms with Crippen LogP contribution in [0.2, 0.25) is 0 Å². The Bertz CT molecular complexity index is 911. The molecular weight excluding hydrogens is 325 g/mol. The maximum atomic E-state index is 13.2. The lowest BCUT2D eigenvalue weighted by Crippen LogP contribution is -2.13. The number of carbonyl (C=O) groups excluding carboxylic acids is 1. The van der Waals surface area contributed by atoms with E-state index in [1.54, 1.807) is 6.92 Å². The highest BCUT2D eigenvalue weighted by molar-refractivity contribution is 5.97. The van der Waals surface area contributed by atoms with Crippen LogP contribution in [0.15, 0.2) is 30.7 Å². The summed E-state index contributed by atoms with van der Waals surface area (Å²) in [6.07, 6.45) is -0.586. The third kappa shape index (κ3) is 2.61. The fourth-order valence-corrected chi connectivity index (χ4v) is 2.50. The number of hydrogen-bond donors (Lipinski definition) is 0. The van der Waals surface area contributed by atoms with Gasteiger partial charge in [0.2, 0.25) is 0 Å². The summed E-state index contributed by atoms with van der Waals surface area (Å²) in [6.45, 7) is 1.86. The highest BCUT2D eigenvalue weighted by Gasteiger charge is 2.37. The van der Waals surface area contributed by atoms with Gasteiger partial charge in [-0.25, -0.2) is 9.31 Å². The van der Waals surface area contributed by atoms with Crippen LogP contribution in [0.1, 0.15) is 23.0 Å². The van der Waals surface area contributed by atoms with E-state index in [9.17, 15) is 18.0 Å². The predicted molar refractivity (Wildman–Crippen MR) is 78.4 cm³/mol. The van der Waals surface area contributed by atoms with Crippen LogP contribution in [-0.4, -0.2) is 32.0 Å². The number of aryl methyl sites for hydroxylation is 1. The van der Waals surface area contributed by atoms with E-state index in [-0.39, 0.29) is 23.3 Å². The van der Waals surface area contributed by atoms with Crippen LogP contribution >= 0.6 is 0 Å². The summed E-state index contributed by atoms with van der Waals surface area (Å²) >= 11 is 0. The monoisotopic (exact) mass is 338 g/mol. The Balaban J connectivity index is 2.16. The molecule has 0 fully saturated rings. The first-order valence-corrected chi connectivity index (χ1v) is 7.07. The molecule has 0 atom stereocenters. The molecule has 24 heavy (non-hydrogen) atoms. The van der Waals surface area contributed by atoms with Crippen molar-refractivity contribution in [1.29, 1.82) is 0 Å². The number of aromatic nitrogens is 4. The van der Waals surface area contributed by atoms with Crippen LogP contribution in [0.25, 0.3) is 16.6 Å². The standard InChI is InChI=1S/C15H13F3N4O2/c1-3-24-14(23)11-8-20-22-5-4-9(6-12(11)22)10-7-19-21(2)13(10)15(16,17)18/h4-8H,3H2,1-2H3. The molecule has 0 unspecified atom stereocenters. The topological polar surface area (TPSA) is 61.4 Å². The molecule has 6 nitrogen and oxygen atoms in total. The van der Waals surface area contributed by atoms with Crippen molar-refractivity contribution < 1.29 is 22.7 Å². The van der Waals surface area contributed by atoms with Gasteiger partial charge in [0, 0.05) is 18.8 Å². The fourth-order valence-electron chi connectivity index (χ4n) is 2.50. The molecule has 3 aromatic rings. The summed E-state index contributed by atoms with van der Waals surface area (Å²) < 4.78 is 46.8. The largest absolute Gasteiger partial charge is 0.462 e. The number of fused-ring (bicyclic) bond motifs is 1. The second-order valence-electron chi connectivity index (χ2n) is 5.05. The molecule has 0 saturated heterocycles. The second-order valence-corrected chi connectivity index (χ2v) is 5.05. The van der Waals surface area contributed by atoms with Crippen LogP contribution in [0, 0.1) is 0 Å². The molecule has 126 valence electrons. The molecular formula is C15H13F3N4O2. The molecule has 3 aromatic heterocycles. The number of ether oxygens (including phenoxy) is 1. The van der Waals surface area contributed by atoms with Crippen molar-refractivity contribution in [2.24, 2.45) is 7.05 Å². The van der Waals surface area contributed by atoms with E-state index in [0.717, 1.165) is 10.9 Å². The van der Waals surface area contributed by atoms with E-state index in [1.165, 1.54) is 36.1 Å². The lowest BCUT2D eigenvalue weighted by Gasteiger charge is -2.10. The summed E-state index contributed by atoms with van der Waals surface area (Å²) in [5.41, 5.74) is -0.0828. The van der Waals surface area contributed by atoms with Gasteiger partial charge in [-0.3, -0.25) is 4.68 Å². The SMILES string of the molecule is CCOC(=O)c1cnn2ccc(-c3cnn(C)c3C(F)(F)F)cc12. The first-order valence-electron chi connectivity index (χ1n) is 7.07. The van der Waals surface area contributed by atoms with Crippen molar-refractivity contribution in [1.82, 2.24) is 19.4 Å². The molecule has 0 aliphatic rings. The molecule has 0 radical (unpaired) electrons. The number of alkyl halides is 3. The van der Waals surface area contributed by atoms with E-state index in [0.29, 0.717) is 5.52 Å². The Morgan fingerprint density at radius 1 is 1.29 bits per heavy atom. The van der Waals surface area contributed by atoms with E-state index >= 15 is 0 Å². The van der Waals surface area contributed by atoms with E-state index in [4.69, 9.17) is 4.74 Å². The number of rotatable bonds is 3. The number of hydrogen-bond acceptors (Lipinski definition) is 4. The minimum atomic E-state index is -4.54. The second kappa shape index (κ2) is 5.66. The predicted octanol–water partition coefficient (Wildman–Crippen LogP) is 2.93. The number of pyridine rings is 1. The number of esters is 1. The van der Waals surface area contributed by atoms with Crippen molar-refractivity contribution in [2.45, 2.75) is 13.1 Å². The molecule has 0 N–H and O–H groups in total. The van der Waals surface area contributed by atoms with Crippen LogP contribution in [-0.2, 0) is 18.0 Å². The first-order chi connectivity index (χ1) is 11.3. The van der Waals surface area contributed by atoms with Gasteiger partial charge < -0.3 is 4.74 Å². The summed E-state index contributed by atoms with van der Waals surface area (Å²) in [4.78, 5) is 11.9. The lowest BCUT2D eigenvalue weighted by atomic mass is 10.1. The summed E-state index contributed by atoms with van der Waals surface area (Å²) in [5.74, 6) is -0.577. The van der Waals surface area contributed by atoms with Gasteiger partial charge in [0.05, 0.1) is 24.5 Å². The van der Waals surface area contributed by atoms with Gasteiger partial charge in [0.15, 0.2) is 0 Å². The van der Waals surface area contributed by atoms with Crippen LogP contribution in [0.3, 0.4) is 0 Å². The summed E-state index contributed by atoms with van der Waals surface area (Å²) in [6, 6.07) is 2.95. The molecule has 0 spiro atoms. The molecule has 0 aromatic carbocycles. The Morgan fingerprint density at radius 3 is 2.71 bits per heavy atom. The summed E-state index contributed by atoms with van der Waals surface area (Å²) in [5, 5.41) is 7.70. The molecule has 0 saturated carbocycles. The number of halogens is 3. The molecule has 0 bridgehead atoms. The molecule has 0 aliphatic carbocycles. The van der Waals surface area contributed by atoms with Gasteiger partial charge in [-0.05, 0) is 24.6 Å². The third-order valence-corrected chi connectivity index (χ3v) is 3.54. The average molecular weight is 338 g/mol. The highest BCUT2D eigenvalue weighted by atomic mass is 19.4. The van der Waals surface area contributed by atoms with Gasteiger partial charge in [0.25, 0.3) is 0 Å². The lowest BCUT2D eigenvalue weighted by molar-refractivity contribution is -0.143. The van der Waals surface area contributed by atoms with Crippen LogP contribution in [0.5, 0.6) is 0 Å². The molecule has 3 rings (SSSR count). The Kier molecular flexibility index (Phi) is 3.78. The zero-order chi connectivity index (χ0) is 17.5. The zero-order valence-electron chi connectivity index (χ0n) is 12.8. The van der Waals surface area contributed by atoms with Gasteiger partial charge >= 0.3 is 12.1 Å². The fraction of sp³-hybridized carbons (Fsp3) is 0.267. The molecule has 3 heterocycles. The van der Waals surface area contributed by atoms with Gasteiger partial charge in [0.1, 0.15) is 11.3 Å². The van der Waals surface area contributed by atoms with Gasteiger partial charge in [-0.2, -0.15) is 23.4 Å². The van der Waals surface area contributed by atoms with Crippen LogP contribution < -0.4 is 0 Å². The Hall–Kier alpha value is -2.84. The number of nitrogens with zero attached hydrogens (tertiary/aromatic N) is 4. The van der Waals surface area contributed by atoms with E-state index in [2.05, 4.69) is 10.2 Å². The normalized spacial score (nSPS) is 11.9.